The van der Waals surface area contributed by atoms with Gasteiger partial charge in [-0.15, -0.1) is 0 Å². The molecule has 1 aromatic rings. The summed E-state index contributed by atoms with van der Waals surface area (Å²) in [7, 11) is 0. The maximum Gasteiger partial charge on any atom is 0.115 e. The van der Waals surface area contributed by atoms with Crippen molar-refractivity contribution in [2.24, 2.45) is 5.73 Å². The van der Waals surface area contributed by atoms with Gasteiger partial charge in [0.1, 0.15) is 6.33 Å². The van der Waals surface area contributed by atoms with E-state index in [0.29, 0.717) is 6.54 Å². The Bertz CT molecular complexity index is 309. The van der Waals surface area contributed by atoms with Crippen molar-refractivity contribution in [1.29, 1.82) is 0 Å². The molecule has 0 spiro atoms. The molecule has 0 radical (unpaired) electrons. The van der Waals surface area contributed by atoms with E-state index in [9.17, 15) is 0 Å². The molecule has 1 heterocycles. The number of hydrogen-bond donors (Lipinski definition) is 1. The van der Waals surface area contributed by atoms with Crippen LogP contribution in [0.3, 0.4) is 0 Å². The van der Waals surface area contributed by atoms with Crippen molar-refractivity contribution in [2.75, 3.05) is 6.54 Å². The molecule has 0 saturated heterocycles. The van der Waals surface area contributed by atoms with Crippen LogP contribution in [0, 0.1) is 0 Å². The summed E-state index contributed by atoms with van der Waals surface area (Å²) in [5.41, 5.74) is 9.40. The number of nitrogens with two attached hydrogens (primary N) is 1. The topological polar surface area (TPSA) is 51.8 Å². The fourth-order valence-electron chi connectivity index (χ4n) is 2.12. The zero-order valence-corrected chi connectivity index (χ0v) is 8.50. The summed E-state index contributed by atoms with van der Waals surface area (Å²) in [6.45, 7) is 0.684. The average Bonchev–Trinajstić information content (AvgIpc) is 2.44. The fourth-order valence-corrected chi connectivity index (χ4v) is 2.12. The Morgan fingerprint density at radius 2 is 2.00 bits per heavy atom. The molecule has 1 aromatic heterocycles. The normalized spacial score (nSPS) is 16.1. The van der Waals surface area contributed by atoms with Crippen LogP contribution in [0.4, 0.5) is 0 Å². The van der Waals surface area contributed by atoms with Gasteiger partial charge in [-0.1, -0.05) is 6.42 Å². The van der Waals surface area contributed by atoms with E-state index in [4.69, 9.17) is 5.73 Å². The first-order chi connectivity index (χ1) is 6.92. The molecule has 2 N–H and O–H groups in total. The molecule has 0 fully saturated rings. The number of nitrogens with zero attached hydrogens (tertiary/aromatic N) is 2. The molecule has 1 aliphatic carbocycles. The summed E-state index contributed by atoms with van der Waals surface area (Å²) in [6, 6.07) is 0. The third-order valence-electron chi connectivity index (χ3n) is 2.85. The SMILES string of the molecule is NCCc1ncnc2c1CCCCC2. The van der Waals surface area contributed by atoms with Gasteiger partial charge in [0.25, 0.3) is 0 Å². The van der Waals surface area contributed by atoms with Crippen molar-refractivity contribution in [2.45, 2.75) is 38.5 Å². The molecule has 0 aromatic carbocycles. The van der Waals surface area contributed by atoms with Crippen LogP contribution in [0.5, 0.6) is 0 Å². The summed E-state index contributed by atoms with van der Waals surface area (Å²) < 4.78 is 0. The van der Waals surface area contributed by atoms with Crippen molar-refractivity contribution >= 4 is 0 Å². The van der Waals surface area contributed by atoms with Crippen LogP contribution in [0.2, 0.25) is 0 Å². The summed E-state index contributed by atoms with van der Waals surface area (Å²) in [4.78, 5) is 8.70. The van der Waals surface area contributed by atoms with Gasteiger partial charge in [0.2, 0.25) is 0 Å². The lowest BCUT2D eigenvalue weighted by atomic mass is 10.0. The lowest BCUT2D eigenvalue weighted by molar-refractivity contribution is 0.707. The van der Waals surface area contributed by atoms with E-state index in [1.54, 1.807) is 6.33 Å². The summed E-state index contributed by atoms with van der Waals surface area (Å²) in [6.07, 6.45) is 8.71. The number of aromatic nitrogens is 2. The molecule has 0 unspecified atom stereocenters. The van der Waals surface area contributed by atoms with Crippen molar-refractivity contribution < 1.29 is 0 Å². The van der Waals surface area contributed by atoms with Gasteiger partial charge in [0.05, 0.1) is 0 Å². The van der Waals surface area contributed by atoms with Crippen LogP contribution in [-0.2, 0) is 19.3 Å². The van der Waals surface area contributed by atoms with Gasteiger partial charge < -0.3 is 5.73 Å². The van der Waals surface area contributed by atoms with Gasteiger partial charge in [-0.05, 0) is 37.8 Å². The molecule has 3 nitrogen and oxygen atoms in total. The largest absolute Gasteiger partial charge is 0.330 e. The lowest BCUT2D eigenvalue weighted by Crippen LogP contribution is -2.10. The molecule has 0 bridgehead atoms. The zero-order valence-electron chi connectivity index (χ0n) is 8.50. The summed E-state index contributed by atoms with van der Waals surface area (Å²) >= 11 is 0. The second kappa shape index (κ2) is 4.51. The van der Waals surface area contributed by atoms with E-state index >= 15 is 0 Å². The van der Waals surface area contributed by atoms with E-state index in [0.717, 1.165) is 19.3 Å². The summed E-state index contributed by atoms with van der Waals surface area (Å²) in [5, 5.41) is 0. The predicted molar refractivity (Wildman–Crippen MR) is 56.0 cm³/mol. The van der Waals surface area contributed by atoms with Gasteiger partial charge >= 0.3 is 0 Å². The Kier molecular flexibility index (Phi) is 3.09. The van der Waals surface area contributed by atoms with Crippen molar-refractivity contribution in [3.05, 3.63) is 23.3 Å². The van der Waals surface area contributed by atoms with Gasteiger partial charge in [0, 0.05) is 17.8 Å². The summed E-state index contributed by atoms with van der Waals surface area (Å²) in [5.74, 6) is 0. The van der Waals surface area contributed by atoms with Gasteiger partial charge in [-0.2, -0.15) is 0 Å². The maximum atomic E-state index is 5.57. The predicted octanol–water partition coefficient (Wildman–Crippen LogP) is 1.25. The molecule has 14 heavy (non-hydrogen) atoms. The average molecular weight is 191 g/mol. The third kappa shape index (κ3) is 1.93. The quantitative estimate of drug-likeness (QED) is 0.716. The molecule has 76 valence electrons. The van der Waals surface area contributed by atoms with Crippen LogP contribution in [0.1, 0.15) is 36.2 Å². The highest BCUT2D eigenvalue weighted by Gasteiger charge is 2.13. The molecule has 2 rings (SSSR count). The minimum absolute atomic E-state index is 0.684. The van der Waals surface area contributed by atoms with E-state index in [2.05, 4.69) is 9.97 Å². The van der Waals surface area contributed by atoms with Crippen LogP contribution in [-0.4, -0.2) is 16.5 Å². The molecular weight excluding hydrogens is 174 g/mol. The monoisotopic (exact) mass is 191 g/mol. The van der Waals surface area contributed by atoms with E-state index in [1.807, 2.05) is 0 Å². The molecule has 0 aliphatic heterocycles. The van der Waals surface area contributed by atoms with Crippen LogP contribution < -0.4 is 5.73 Å². The minimum atomic E-state index is 0.684. The maximum absolute atomic E-state index is 5.57. The van der Waals surface area contributed by atoms with Gasteiger partial charge in [-0.25, -0.2) is 9.97 Å². The standard InChI is InChI=1S/C11H17N3/c12-7-6-11-9-4-2-1-3-5-10(9)13-8-14-11/h8H,1-7,12H2. The van der Waals surface area contributed by atoms with Crippen molar-refractivity contribution in [3.63, 3.8) is 0 Å². The number of rotatable bonds is 2. The Hall–Kier alpha value is -0.960. The smallest absolute Gasteiger partial charge is 0.115 e. The number of aryl methyl sites for hydroxylation is 1. The lowest BCUT2D eigenvalue weighted by Gasteiger charge is -2.08. The Balaban J connectivity index is 2.32. The Morgan fingerprint density at radius 1 is 1.14 bits per heavy atom. The first kappa shape index (κ1) is 9.59. The van der Waals surface area contributed by atoms with Crippen molar-refractivity contribution in [3.8, 4) is 0 Å². The molecule has 3 heteroatoms. The Morgan fingerprint density at radius 3 is 2.86 bits per heavy atom. The Labute approximate surface area is 84.8 Å². The zero-order chi connectivity index (χ0) is 9.80. The van der Waals surface area contributed by atoms with Gasteiger partial charge in [-0.3, -0.25) is 0 Å². The highest BCUT2D eigenvalue weighted by Crippen LogP contribution is 2.20. The second-order valence-corrected chi connectivity index (χ2v) is 3.84. The van der Waals surface area contributed by atoms with Crippen LogP contribution in [0.25, 0.3) is 0 Å². The van der Waals surface area contributed by atoms with Crippen LogP contribution >= 0.6 is 0 Å². The second-order valence-electron chi connectivity index (χ2n) is 3.84. The van der Waals surface area contributed by atoms with Gasteiger partial charge in [0.15, 0.2) is 0 Å². The molecule has 0 saturated carbocycles. The fraction of sp³-hybridized carbons (Fsp3) is 0.636. The van der Waals surface area contributed by atoms with E-state index < -0.39 is 0 Å². The third-order valence-corrected chi connectivity index (χ3v) is 2.85. The highest BCUT2D eigenvalue weighted by molar-refractivity contribution is 5.26. The highest BCUT2D eigenvalue weighted by atomic mass is 14.8. The minimum Gasteiger partial charge on any atom is -0.330 e. The van der Waals surface area contributed by atoms with Crippen molar-refractivity contribution in [1.82, 2.24) is 9.97 Å². The first-order valence-corrected chi connectivity index (χ1v) is 5.43. The number of hydrogen-bond acceptors (Lipinski definition) is 3. The molecule has 0 amide bonds. The van der Waals surface area contributed by atoms with E-state index in [-0.39, 0.29) is 0 Å². The molecular formula is C11H17N3. The first-order valence-electron chi connectivity index (χ1n) is 5.43. The molecule has 0 atom stereocenters. The van der Waals surface area contributed by atoms with Crippen LogP contribution in [0.15, 0.2) is 6.33 Å². The molecule has 1 aliphatic rings. The number of fused-ring (bicyclic) bond motifs is 1. The van der Waals surface area contributed by atoms with E-state index in [1.165, 1.54) is 36.2 Å².